The monoisotopic (exact) mass is 1050 g/mol. The van der Waals surface area contributed by atoms with E-state index in [4.69, 9.17) is 0 Å². The van der Waals surface area contributed by atoms with E-state index in [2.05, 4.69) is 31.9 Å². The van der Waals surface area contributed by atoms with E-state index in [9.17, 15) is 53.4 Å². The van der Waals surface area contributed by atoms with Crippen molar-refractivity contribution in [3.05, 3.63) is 12.2 Å². The molecule has 0 fully saturated rings. The predicted octanol–water partition coefficient (Wildman–Crippen LogP) is 3.45. The van der Waals surface area contributed by atoms with E-state index in [1.54, 1.807) is 46.9 Å². The Kier molecular flexibility index (Phi) is 30.8. The molecule has 0 bridgehead atoms. The lowest BCUT2D eigenvalue weighted by atomic mass is 9.93. The van der Waals surface area contributed by atoms with Crippen molar-refractivity contribution in [1.29, 1.82) is 0 Å². The second-order valence-corrected chi connectivity index (χ2v) is 22.7. The first-order valence-corrected chi connectivity index (χ1v) is 26.7. The van der Waals surface area contributed by atoms with Crippen LogP contribution in [0.4, 0.5) is 0 Å². The molecule has 8 amide bonds. The number of aliphatic carboxylic acids is 1. The molecule has 0 saturated carbocycles. The molecule has 3 unspecified atom stereocenters. The fourth-order valence-electron chi connectivity index (χ4n) is 8.82. The molecule has 0 aromatic carbocycles. The lowest BCUT2D eigenvalue weighted by Crippen LogP contribution is -2.61. The molecule has 74 heavy (non-hydrogen) atoms. The Bertz CT molecular complexity index is 1870. The van der Waals surface area contributed by atoms with Gasteiger partial charge in [-0.2, -0.15) is 0 Å². The van der Waals surface area contributed by atoms with Crippen LogP contribution in [0.2, 0.25) is 0 Å². The number of aliphatic hydroxyl groups is 1. The largest absolute Gasteiger partial charge is 0.480 e. The smallest absolute Gasteiger partial charge is 0.328 e. The summed E-state index contributed by atoms with van der Waals surface area (Å²) in [5, 5.41) is 37.5. The van der Waals surface area contributed by atoms with E-state index in [0.717, 1.165) is 0 Å². The van der Waals surface area contributed by atoms with Crippen molar-refractivity contribution in [3.8, 4) is 0 Å². The number of amides is 8. The number of allylic oxidation sites excluding steroid dienone is 2. The average molecular weight is 1050 g/mol. The SMILES string of the molecule is C/C=C/CC(C)C(O)C(NC(=O)[C@H](C(C)C)N(C)C(=O)[C@H](CC(C)C)NC(=O)[C@H](CC(C)C)N(C)C(=O)[C@H](C)NC(=O)[C@H](C)NC(=O)[C@H](CC(C)C)N(C)C(=O)[C@H](CC(C)C)NC(=O)[C@H](CC(C)C)NC)C(=O)O. The maximum Gasteiger partial charge on any atom is 0.328 e. The molecule has 0 radical (unpaired) electrons. The molecule has 0 aliphatic rings. The van der Waals surface area contributed by atoms with Gasteiger partial charge in [-0.1, -0.05) is 102 Å². The minimum absolute atomic E-state index is 0.0330. The number of hydrogen-bond acceptors (Lipinski definition) is 11. The number of likely N-dealkylation sites (N-methyl/N-ethyl adjacent to an activating group) is 4. The quantitative estimate of drug-likeness (QED) is 0.0439. The molecule has 0 heterocycles. The van der Waals surface area contributed by atoms with E-state index >= 15 is 0 Å². The molecule has 0 aromatic rings. The molecule has 8 N–H and O–H groups in total. The normalized spacial score (nSPS) is 16.4. The van der Waals surface area contributed by atoms with Crippen molar-refractivity contribution in [3.63, 3.8) is 0 Å². The van der Waals surface area contributed by atoms with Gasteiger partial charge < -0.3 is 56.8 Å². The van der Waals surface area contributed by atoms with Gasteiger partial charge in [-0.3, -0.25) is 38.4 Å². The standard InChI is InChI=1S/C54H99N9O11/c1-21-22-23-35(14)45(64)43(54(73)74)60-50(69)44(34(12)13)63(20)53(72)40(26-31(6)7)59-49(68)42(28-33(10)11)61(18)51(70)37(16)57-46(65)36(15)56-48(67)41(27-32(8)9)62(19)52(71)39(25-30(4)5)58-47(66)38(55-17)24-29(2)3/h21-22,29-45,55,64H,23-28H2,1-20H3,(H,56,67)(H,57,65)(H,58,66)(H,59,68)(H,60,69)(H,73,74)/b22-21+/t35?,36-,37-,38-,39-,40-,41-,42-,43?,44-,45?/m0/s1. The van der Waals surface area contributed by atoms with Gasteiger partial charge in [0.1, 0.15) is 42.3 Å². The summed E-state index contributed by atoms with van der Waals surface area (Å²) in [4.78, 5) is 128. The molecule has 20 nitrogen and oxygen atoms in total. The molecule has 11 atom stereocenters. The van der Waals surface area contributed by atoms with Gasteiger partial charge in [0.05, 0.1) is 12.1 Å². The van der Waals surface area contributed by atoms with Gasteiger partial charge in [0.2, 0.25) is 47.3 Å². The number of carbonyl (C=O) groups is 9. The molecule has 0 aromatic heterocycles. The van der Waals surface area contributed by atoms with E-state index in [1.807, 2.05) is 69.2 Å². The maximum atomic E-state index is 14.4. The summed E-state index contributed by atoms with van der Waals surface area (Å²) in [7, 11) is 6.00. The number of hydrogen-bond donors (Lipinski definition) is 8. The fraction of sp³-hybridized carbons (Fsp3) is 0.796. The van der Waals surface area contributed by atoms with Crippen LogP contribution in [-0.2, 0) is 43.2 Å². The van der Waals surface area contributed by atoms with Crippen LogP contribution in [0.5, 0.6) is 0 Å². The third-order valence-electron chi connectivity index (χ3n) is 13.0. The van der Waals surface area contributed by atoms with Crippen molar-refractivity contribution in [2.45, 2.75) is 210 Å². The fourth-order valence-corrected chi connectivity index (χ4v) is 8.82. The zero-order valence-corrected chi connectivity index (χ0v) is 48.6. The number of carbonyl (C=O) groups excluding carboxylic acids is 8. The van der Waals surface area contributed by atoms with Crippen molar-refractivity contribution in [1.82, 2.24) is 46.6 Å². The van der Waals surface area contributed by atoms with Crippen LogP contribution in [0.25, 0.3) is 0 Å². The Morgan fingerprint density at radius 1 is 0.473 bits per heavy atom. The highest BCUT2D eigenvalue weighted by atomic mass is 16.4. The third-order valence-corrected chi connectivity index (χ3v) is 13.0. The van der Waals surface area contributed by atoms with Crippen molar-refractivity contribution in [2.24, 2.45) is 41.4 Å². The Balaban J connectivity index is 6.45. The van der Waals surface area contributed by atoms with E-state index in [0.29, 0.717) is 19.3 Å². The summed E-state index contributed by atoms with van der Waals surface area (Å²) in [6, 6.07) is -9.94. The Labute approximate surface area is 443 Å². The van der Waals surface area contributed by atoms with E-state index in [-0.39, 0.29) is 54.8 Å². The second-order valence-electron chi connectivity index (χ2n) is 22.7. The van der Waals surface area contributed by atoms with Gasteiger partial charge >= 0.3 is 5.97 Å². The van der Waals surface area contributed by atoms with E-state index < -0.39 is 120 Å². The zero-order chi connectivity index (χ0) is 57.6. The molecule has 0 aliphatic heterocycles. The molecule has 0 rings (SSSR count). The summed E-state index contributed by atoms with van der Waals surface area (Å²) in [5.74, 6) is -7.31. The van der Waals surface area contributed by atoms with Crippen LogP contribution in [0.1, 0.15) is 149 Å². The predicted molar refractivity (Wildman–Crippen MR) is 288 cm³/mol. The summed E-state index contributed by atoms with van der Waals surface area (Å²) < 4.78 is 0. The van der Waals surface area contributed by atoms with Gasteiger partial charge in [-0.25, -0.2) is 4.79 Å². The molecular weight excluding hydrogens is 951 g/mol. The molecule has 0 spiro atoms. The first kappa shape index (κ1) is 68.9. The number of nitrogens with zero attached hydrogens (tertiary/aromatic N) is 3. The van der Waals surface area contributed by atoms with Gasteiger partial charge in [-0.05, 0) is 108 Å². The van der Waals surface area contributed by atoms with Crippen LogP contribution >= 0.6 is 0 Å². The molecule has 0 aliphatic carbocycles. The van der Waals surface area contributed by atoms with Gasteiger partial charge in [0.15, 0.2) is 6.04 Å². The first-order valence-electron chi connectivity index (χ1n) is 26.7. The average Bonchev–Trinajstić information content (AvgIpc) is 3.29. The van der Waals surface area contributed by atoms with Crippen molar-refractivity contribution >= 4 is 53.2 Å². The summed E-state index contributed by atoms with van der Waals surface area (Å²) in [6.07, 6.45) is 3.94. The van der Waals surface area contributed by atoms with Crippen molar-refractivity contribution < 1.29 is 53.4 Å². The highest BCUT2D eigenvalue weighted by Crippen LogP contribution is 2.20. The van der Waals surface area contributed by atoms with Gasteiger partial charge in [0.25, 0.3) is 0 Å². The minimum atomic E-state index is -1.66. The van der Waals surface area contributed by atoms with E-state index in [1.165, 1.54) is 49.7 Å². The topological polar surface area (TPSA) is 276 Å². The molecule has 0 saturated heterocycles. The van der Waals surface area contributed by atoms with Gasteiger partial charge in [0, 0.05) is 21.1 Å². The van der Waals surface area contributed by atoms with Gasteiger partial charge in [-0.15, -0.1) is 0 Å². The summed E-state index contributed by atoms with van der Waals surface area (Å²) in [6.45, 7) is 28.8. The first-order chi connectivity index (χ1) is 34.1. The lowest BCUT2D eigenvalue weighted by molar-refractivity contribution is -0.149. The number of rotatable bonds is 33. The highest BCUT2D eigenvalue weighted by molar-refractivity contribution is 5.98. The third kappa shape index (κ3) is 22.8. The minimum Gasteiger partial charge on any atom is -0.480 e. The van der Waals surface area contributed by atoms with Crippen LogP contribution < -0.4 is 31.9 Å². The number of carboxylic acid groups (broad SMARTS) is 1. The number of aliphatic hydroxyl groups excluding tert-OH is 1. The summed E-state index contributed by atoms with van der Waals surface area (Å²) >= 11 is 0. The van der Waals surface area contributed by atoms with Crippen LogP contribution in [-0.4, -0.2) is 167 Å². The number of nitrogens with one attached hydrogen (secondary N) is 6. The molecular formula is C54H99N9O11. The highest BCUT2D eigenvalue weighted by Gasteiger charge is 2.41. The van der Waals surface area contributed by atoms with Crippen LogP contribution in [0.15, 0.2) is 12.2 Å². The Morgan fingerprint density at radius 3 is 1.27 bits per heavy atom. The molecule has 20 heteroatoms. The Morgan fingerprint density at radius 2 is 0.865 bits per heavy atom. The van der Waals surface area contributed by atoms with Crippen LogP contribution in [0.3, 0.4) is 0 Å². The number of carboxylic acids is 1. The summed E-state index contributed by atoms with van der Waals surface area (Å²) in [5.41, 5.74) is 0. The second kappa shape index (κ2) is 33.0. The van der Waals surface area contributed by atoms with Crippen molar-refractivity contribution in [2.75, 3.05) is 28.2 Å². The zero-order valence-electron chi connectivity index (χ0n) is 48.6. The maximum absolute atomic E-state index is 14.4. The lowest BCUT2D eigenvalue weighted by Gasteiger charge is -2.36. The molecule has 426 valence electrons. The van der Waals surface area contributed by atoms with Crippen LogP contribution in [0, 0.1) is 41.4 Å². The Hall–Kier alpha value is -5.11.